The molecule has 0 unspecified atom stereocenters. The molecule has 98 valence electrons. The first kappa shape index (κ1) is 14.2. The van der Waals surface area contributed by atoms with Crippen LogP contribution in [0.15, 0.2) is 30.3 Å². The average molecular weight is 252 g/mol. The summed E-state index contributed by atoms with van der Waals surface area (Å²) in [5.74, 6) is -2.93. The molecule has 0 atom stereocenters. The van der Waals surface area contributed by atoms with Crippen LogP contribution in [0.3, 0.4) is 0 Å². The Balaban J connectivity index is 2.85. The molecule has 2 N–H and O–H groups in total. The quantitative estimate of drug-likeness (QED) is 0.724. The molecule has 0 saturated carbocycles. The molecule has 0 fully saturated rings. The maximum Gasteiger partial charge on any atom is 0.347 e. The second kappa shape index (κ2) is 6.16. The van der Waals surface area contributed by atoms with E-state index in [0.29, 0.717) is 6.42 Å². The Morgan fingerprint density at radius 2 is 1.72 bits per heavy atom. The van der Waals surface area contributed by atoms with Crippen molar-refractivity contribution in [1.82, 2.24) is 0 Å². The molecule has 1 rings (SSSR count). The van der Waals surface area contributed by atoms with Gasteiger partial charge in [-0.1, -0.05) is 43.7 Å². The Morgan fingerprint density at radius 1 is 1.17 bits per heavy atom. The van der Waals surface area contributed by atoms with Gasteiger partial charge in [0.15, 0.2) is 0 Å². The number of rotatable bonds is 7. The van der Waals surface area contributed by atoms with Crippen LogP contribution in [0.4, 0.5) is 0 Å². The smallest absolute Gasteiger partial charge is 0.347 e. The van der Waals surface area contributed by atoms with Gasteiger partial charge in [-0.3, -0.25) is 0 Å². The minimum absolute atomic E-state index is 0.0422. The Morgan fingerprint density at radius 3 is 2.17 bits per heavy atom. The molecule has 0 heterocycles. The second-order valence-electron chi connectivity index (χ2n) is 3.96. The van der Waals surface area contributed by atoms with Gasteiger partial charge >= 0.3 is 11.9 Å². The fourth-order valence-corrected chi connectivity index (χ4v) is 1.63. The zero-order valence-electron chi connectivity index (χ0n) is 10.1. The summed E-state index contributed by atoms with van der Waals surface area (Å²) in [5.41, 5.74) is -1.43. The Hall–Kier alpha value is -1.88. The SMILES string of the molecule is CCCC(OCc1ccccc1)(C(=O)O)C(=O)O. The highest BCUT2D eigenvalue weighted by Gasteiger charge is 2.47. The number of hydrogen-bond donors (Lipinski definition) is 2. The van der Waals surface area contributed by atoms with Crippen LogP contribution in [0, 0.1) is 0 Å². The van der Waals surface area contributed by atoms with Crippen LogP contribution in [0.25, 0.3) is 0 Å². The molecular weight excluding hydrogens is 236 g/mol. The molecule has 1 aromatic carbocycles. The van der Waals surface area contributed by atoms with Crippen LogP contribution in [-0.4, -0.2) is 27.8 Å². The molecule has 0 aromatic heterocycles. The highest BCUT2D eigenvalue weighted by Crippen LogP contribution is 2.21. The molecule has 18 heavy (non-hydrogen) atoms. The van der Waals surface area contributed by atoms with E-state index in [9.17, 15) is 9.59 Å². The van der Waals surface area contributed by atoms with Gasteiger partial charge in [0.2, 0.25) is 0 Å². The Labute approximate surface area is 105 Å². The lowest BCUT2D eigenvalue weighted by molar-refractivity contribution is -0.186. The predicted octanol–water partition coefficient (Wildman–Crippen LogP) is 1.91. The molecule has 0 aliphatic rings. The third-order valence-corrected chi connectivity index (χ3v) is 2.62. The largest absolute Gasteiger partial charge is 0.479 e. The second-order valence-corrected chi connectivity index (χ2v) is 3.96. The average Bonchev–Trinajstić information content (AvgIpc) is 2.35. The number of carboxylic acid groups (broad SMARTS) is 2. The summed E-state index contributed by atoms with van der Waals surface area (Å²) in [6.07, 6.45) is 0.345. The van der Waals surface area contributed by atoms with E-state index in [4.69, 9.17) is 14.9 Å². The maximum absolute atomic E-state index is 11.2. The molecule has 0 aliphatic heterocycles. The number of carboxylic acids is 2. The molecular formula is C13H16O5. The third-order valence-electron chi connectivity index (χ3n) is 2.62. The van der Waals surface area contributed by atoms with Gasteiger partial charge in [-0.25, -0.2) is 9.59 Å². The number of hydrogen-bond acceptors (Lipinski definition) is 3. The Kier molecular flexibility index (Phi) is 4.85. The van der Waals surface area contributed by atoms with Gasteiger partial charge in [-0.15, -0.1) is 0 Å². The highest BCUT2D eigenvalue weighted by atomic mass is 16.6. The third kappa shape index (κ3) is 3.07. The summed E-state index contributed by atoms with van der Waals surface area (Å²) in [6.45, 7) is 1.67. The van der Waals surface area contributed by atoms with Crippen molar-refractivity contribution in [3.8, 4) is 0 Å². The van der Waals surface area contributed by atoms with Crippen molar-refractivity contribution < 1.29 is 24.5 Å². The van der Waals surface area contributed by atoms with E-state index in [0.717, 1.165) is 5.56 Å². The monoisotopic (exact) mass is 252 g/mol. The lowest BCUT2D eigenvalue weighted by Crippen LogP contribution is -2.49. The predicted molar refractivity (Wildman–Crippen MR) is 64.1 cm³/mol. The van der Waals surface area contributed by atoms with Crippen molar-refractivity contribution >= 4 is 11.9 Å². The van der Waals surface area contributed by atoms with Gasteiger partial charge in [-0.05, 0) is 12.0 Å². The summed E-state index contributed by atoms with van der Waals surface area (Å²) in [7, 11) is 0. The summed E-state index contributed by atoms with van der Waals surface area (Å²) in [6, 6.07) is 8.88. The first-order valence-corrected chi connectivity index (χ1v) is 5.67. The fraction of sp³-hybridized carbons (Fsp3) is 0.385. The standard InChI is InChI=1S/C13H16O5/c1-2-8-13(11(14)15,12(16)17)18-9-10-6-4-3-5-7-10/h3-7H,2,8-9H2,1H3,(H,14,15)(H,16,17). The van der Waals surface area contributed by atoms with Gasteiger partial charge in [-0.2, -0.15) is 0 Å². The zero-order chi connectivity index (χ0) is 13.6. The highest BCUT2D eigenvalue weighted by molar-refractivity contribution is 6.01. The van der Waals surface area contributed by atoms with E-state index in [1.165, 1.54) is 0 Å². The minimum Gasteiger partial charge on any atom is -0.479 e. The van der Waals surface area contributed by atoms with Crippen molar-refractivity contribution in [2.24, 2.45) is 0 Å². The van der Waals surface area contributed by atoms with Gasteiger partial charge in [0, 0.05) is 0 Å². The van der Waals surface area contributed by atoms with Crippen molar-refractivity contribution in [3.63, 3.8) is 0 Å². The fourth-order valence-electron chi connectivity index (χ4n) is 1.63. The number of benzene rings is 1. The number of carbonyl (C=O) groups is 2. The molecule has 5 heteroatoms. The molecule has 0 bridgehead atoms. The lowest BCUT2D eigenvalue weighted by atomic mass is 9.98. The molecule has 0 aliphatic carbocycles. The van der Waals surface area contributed by atoms with Crippen LogP contribution in [-0.2, 0) is 20.9 Å². The number of ether oxygens (including phenoxy) is 1. The van der Waals surface area contributed by atoms with Gasteiger partial charge in [0.25, 0.3) is 5.60 Å². The van der Waals surface area contributed by atoms with E-state index < -0.39 is 17.5 Å². The normalized spacial score (nSPS) is 11.2. The number of aliphatic carboxylic acids is 2. The van der Waals surface area contributed by atoms with Crippen molar-refractivity contribution in [2.45, 2.75) is 32.0 Å². The first-order valence-electron chi connectivity index (χ1n) is 5.67. The Bertz CT molecular complexity index is 399. The zero-order valence-corrected chi connectivity index (χ0v) is 10.1. The molecule has 0 radical (unpaired) electrons. The molecule has 1 aromatic rings. The summed E-state index contributed by atoms with van der Waals surface area (Å²) in [5, 5.41) is 18.2. The van der Waals surface area contributed by atoms with Crippen LogP contribution >= 0.6 is 0 Å². The first-order chi connectivity index (χ1) is 8.53. The summed E-state index contributed by atoms with van der Waals surface area (Å²) < 4.78 is 5.18. The molecule has 0 amide bonds. The molecule has 0 spiro atoms. The molecule has 0 saturated heterocycles. The van der Waals surface area contributed by atoms with Gasteiger partial charge in [0.05, 0.1) is 6.61 Å². The van der Waals surface area contributed by atoms with Crippen LogP contribution in [0.5, 0.6) is 0 Å². The van der Waals surface area contributed by atoms with Crippen LogP contribution in [0.1, 0.15) is 25.3 Å². The summed E-state index contributed by atoms with van der Waals surface area (Å²) >= 11 is 0. The van der Waals surface area contributed by atoms with Gasteiger partial charge in [0.1, 0.15) is 0 Å². The minimum atomic E-state index is -2.16. The van der Waals surface area contributed by atoms with Gasteiger partial charge < -0.3 is 14.9 Å². The topological polar surface area (TPSA) is 83.8 Å². The van der Waals surface area contributed by atoms with Crippen LogP contribution in [0.2, 0.25) is 0 Å². The van der Waals surface area contributed by atoms with Crippen molar-refractivity contribution in [2.75, 3.05) is 0 Å². The lowest BCUT2D eigenvalue weighted by Gasteiger charge is -2.24. The van der Waals surface area contributed by atoms with Crippen molar-refractivity contribution in [1.29, 1.82) is 0 Å². The van der Waals surface area contributed by atoms with Crippen molar-refractivity contribution in [3.05, 3.63) is 35.9 Å². The van der Waals surface area contributed by atoms with E-state index in [1.54, 1.807) is 31.2 Å². The van der Waals surface area contributed by atoms with E-state index in [2.05, 4.69) is 0 Å². The summed E-state index contributed by atoms with van der Waals surface area (Å²) in [4.78, 5) is 22.3. The maximum atomic E-state index is 11.2. The van der Waals surface area contributed by atoms with E-state index >= 15 is 0 Å². The van der Waals surface area contributed by atoms with E-state index in [1.807, 2.05) is 6.07 Å². The van der Waals surface area contributed by atoms with E-state index in [-0.39, 0.29) is 13.0 Å². The van der Waals surface area contributed by atoms with Crippen LogP contribution < -0.4 is 0 Å². The molecule has 5 nitrogen and oxygen atoms in total.